The highest BCUT2D eigenvalue weighted by molar-refractivity contribution is 6.05. The molecule has 9 nitrogen and oxygen atoms in total. The molecule has 186 valence electrons. The van der Waals surface area contributed by atoms with Gasteiger partial charge in [-0.25, -0.2) is 0 Å². The zero-order valence-corrected chi connectivity index (χ0v) is 19.9. The predicted octanol–water partition coefficient (Wildman–Crippen LogP) is 4.45. The molecule has 0 aliphatic carbocycles. The third kappa shape index (κ3) is 6.13. The second kappa shape index (κ2) is 11.3. The van der Waals surface area contributed by atoms with Crippen LogP contribution in [0.1, 0.15) is 27.8 Å². The van der Waals surface area contributed by atoms with E-state index in [1.165, 1.54) is 0 Å². The summed E-state index contributed by atoms with van der Waals surface area (Å²) in [4.78, 5) is 24.9. The molecule has 4 N–H and O–H groups in total. The predicted molar refractivity (Wildman–Crippen MR) is 136 cm³/mol. The Balaban J connectivity index is 1.25. The van der Waals surface area contributed by atoms with E-state index in [2.05, 4.69) is 10.6 Å². The lowest BCUT2D eigenvalue weighted by Gasteiger charge is -2.12. The van der Waals surface area contributed by atoms with Crippen LogP contribution in [0.25, 0.3) is 11.0 Å². The van der Waals surface area contributed by atoms with Gasteiger partial charge in [-0.1, -0.05) is 12.1 Å². The van der Waals surface area contributed by atoms with Gasteiger partial charge in [0, 0.05) is 18.1 Å². The number of methoxy groups -OCH3 is 1. The summed E-state index contributed by atoms with van der Waals surface area (Å²) in [5, 5.41) is 6.29. The van der Waals surface area contributed by atoms with E-state index in [1.807, 2.05) is 0 Å². The number of amides is 2. The fraction of sp³-hybridized carbons (Fsp3) is 0.185. The second-order valence-electron chi connectivity index (χ2n) is 7.90. The lowest BCUT2D eigenvalue weighted by Crippen LogP contribution is -2.27. The number of rotatable bonds is 10. The summed E-state index contributed by atoms with van der Waals surface area (Å²) in [6.45, 7) is 2.30. The fourth-order valence-corrected chi connectivity index (χ4v) is 3.37. The summed E-state index contributed by atoms with van der Waals surface area (Å²) in [6.07, 6.45) is -0.390. The zero-order valence-electron chi connectivity index (χ0n) is 19.9. The Morgan fingerprint density at radius 2 is 1.72 bits per heavy atom. The topological polar surface area (TPSA) is 125 Å². The number of nitrogen functional groups attached to an aromatic ring is 1. The van der Waals surface area contributed by atoms with Crippen LogP contribution in [0.2, 0.25) is 0 Å². The standard InChI is InChI=1S/C27H27N3O6/c1-17(33-2)35-21-11-12-24-19(15-21)16-25(36-24)27(32)29-13-14-34-20-9-7-18(8-10-20)26(31)30-23-6-4-3-5-22(23)28/h3-12,15-17H,13-14,28H2,1-2H3,(H,29,32)(H,30,31). The molecule has 1 atom stereocenters. The Kier molecular flexibility index (Phi) is 7.72. The van der Waals surface area contributed by atoms with E-state index in [1.54, 1.807) is 86.8 Å². The number of nitrogens with one attached hydrogen (secondary N) is 2. The number of carbonyl (C=O) groups excluding carboxylic acids is 2. The maximum absolute atomic E-state index is 12.5. The molecule has 0 saturated carbocycles. The van der Waals surface area contributed by atoms with Gasteiger partial charge in [0.1, 0.15) is 23.7 Å². The van der Waals surface area contributed by atoms with E-state index in [-0.39, 0.29) is 37.0 Å². The molecular formula is C27H27N3O6. The maximum Gasteiger partial charge on any atom is 0.287 e. The summed E-state index contributed by atoms with van der Waals surface area (Å²) in [7, 11) is 1.56. The normalized spacial score (nSPS) is 11.6. The van der Waals surface area contributed by atoms with Gasteiger partial charge < -0.3 is 35.0 Å². The van der Waals surface area contributed by atoms with Crippen molar-refractivity contribution in [1.29, 1.82) is 0 Å². The molecule has 1 heterocycles. The third-order valence-electron chi connectivity index (χ3n) is 5.33. The first-order chi connectivity index (χ1) is 17.4. The van der Waals surface area contributed by atoms with Crippen molar-refractivity contribution < 1.29 is 28.2 Å². The monoisotopic (exact) mass is 489 g/mol. The van der Waals surface area contributed by atoms with Crippen LogP contribution in [0.4, 0.5) is 11.4 Å². The molecule has 9 heteroatoms. The summed E-state index contributed by atoms with van der Waals surface area (Å²) in [5.74, 6) is 0.753. The molecule has 1 unspecified atom stereocenters. The van der Waals surface area contributed by atoms with Crippen LogP contribution < -0.4 is 25.8 Å². The third-order valence-corrected chi connectivity index (χ3v) is 5.33. The minimum absolute atomic E-state index is 0.191. The molecule has 2 amide bonds. The zero-order chi connectivity index (χ0) is 25.5. The first-order valence-corrected chi connectivity index (χ1v) is 11.3. The number of ether oxygens (including phenoxy) is 3. The van der Waals surface area contributed by atoms with Crippen molar-refractivity contribution in [3.05, 3.63) is 84.1 Å². The molecule has 4 rings (SSSR count). The minimum atomic E-state index is -0.390. The van der Waals surface area contributed by atoms with Gasteiger partial charge in [-0.05, 0) is 67.6 Å². The molecule has 0 aliphatic heterocycles. The summed E-state index contributed by atoms with van der Waals surface area (Å²) < 4.78 is 22.0. The largest absolute Gasteiger partial charge is 0.492 e. The number of benzene rings is 3. The Morgan fingerprint density at radius 3 is 2.47 bits per heavy atom. The van der Waals surface area contributed by atoms with E-state index in [0.29, 0.717) is 34.0 Å². The first-order valence-electron chi connectivity index (χ1n) is 11.3. The first kappa shape index (κ1) is 24.6. The Hall–Kier alpha value is -4.50. The molecule has 0 bridgehead atoms. The van der Waals surface area contributed by atoms with Crippen molar-refractivity contribution in [1.82, 2.24) is 5.32 Å². The van der Waals surface area contributed by atoms with Crippen molar-refractivity contribution in [3.63, 3.8) is 0 Å². The van der Waals surface area contributed by atoms with Gasteiger partial charge in [-0.3, -0.25) is 9.59 Å². The van der Waals surface area contributed by atoms with E-state index < -0.39 is 0 Å². The summed E-state index contributed by atoms with van der Waals surface area (Å²) in [5.41, 5.74) is 7.95. The Labute approximate surface area is 208 Å². The minimum Gasteiger partial charge on any atom is -0.492 e. The van der Waals surface area contributed by atoms with Gasteiger partial charge in [0.2, 0.25) is 0 Å². The molecule has 0 fully saturated rings. The smallest absolute Gasteiger partial charge is 0.287 e. The number of nitrogens with two attached hydrogens (primary N) is 1. The number of carbonyl (C=O) groups is 2. The summed E-state index contributed by atoms with van der Waals surface area (Å²) >= 11 is 0. The van der Waals surface area contributed by atoms with Gasteiger partial charge in [0.25, 0.3) is 11.8 Å². The van der Waals surface area contributed by atoms with Crippen LogP contribution >= 0.6 is 0 Å². The van der Waals surface area contributed by atoms with Crippen LogP contribution in [0.15, 0.2) is 77.2 Å². The second-order valence-corrected chi connectivity index (χ2v) is 7.90. The SMILES string of the molecule is COC(C)Oc1ccc2oc(C(=O)NCCOc3ccc(C(=O)Nc4ccccc4N)cc3)cc2c1. The van der Waals surface area contributed by atoms with Crippen LogP contribution in [0, 0.1) is 0 Å². The van der Waals surface area contributed by atoms with E-state index >= 15 is 0 Å². The van der Waals surface area contributed by atoms with Crippen molar-refractivity contribution in [2.24, 2.45) is 0 Å². The van der Waals surface area contributed by atoms with E-state index in [4.69, 9.17) is 24.4 Å². The average molecular weight is 490 g/mol. The molecule has 1 aromatic heterocycles. The number of hydrogen-bond donors (Lipinski definition) is 3. The van der Waals surface area contributed by atoms with Crippen molar-refractivity contribution in [2.75, 3.05) is 31.3 Å². The molecule has 36 heavy (non-hydrogen) atoms. The van der Waals surface area contributed by atoms with Crippen LogP contribution in [-0.2, 0) is 4.74 Å². The van der Waals surface area contributed by atoms with Crippen molar-refractivity contribution in [3.8, 4) is 11.5 Å². The van der Waals surface area contributed by atoms with Gasteiger partial charge in [-0.15, -0.1) is 0 Å². The number of hydrogen-bond acceptors (Lipinski definition) is 7. The van der Waals surface area contributed by atoms with E-state index in [9.17, 15) is 9.59 Å². The van der Waals surface area contributed by atoms with E-state index in [0.717, 1.165) is 5.39 Å². The highest BCUT2D eigenvalue weighted by Gasteiger charge is 2.13. The van der Waals surface area contributed by atoms with Gasteiger partial charge in [0.05, 0.1) is 17.9 Å². The number of fused-ring (bicyclic) bond motifs is 1. The number of para-hydroxylation sites is 2. The van der Waals surface area contributed by atoms with Crippen LogP contribution in [0.5, 0.6) is 11.5 Å². The molecule has 4 aromatic rings. The lowest BCUT2D eigenvalue weighted by molar-refractivity contribution is -0.0382. The molecular weight excluding hydrogens is 462 g/mol. The Morgan fingerprint density at radius 1 is 0.972 bits per heavy atom. The fourth-order valence-electron chi connectivity index (χ4n) is 3.37. The quantitative estimate of drug-likeness (QED) is 0.171. The van der Waals surface area contributed by atoms with Crippen molar-refractivity contribution in [2.45, 2.75) is 13.2 Å². The molecule has 0 aliphatic rings. The number of furan rings is 1. The van der Waals surface area contributed by atoms with Crippen LogP contribution in [0.3, 0.4) is 0 Å². The molecule has 0 saturated heterocycles. The summed E-state index contributed by atoms with van der Waals surface area (Å²) in [6, 6.07) is 20.7. The van der Waals surface area contributed by atoms with Gasteiger partial charge >= 0.3 is 0 Å². The molecule has 0 spiro atoms. The highest BCUT2D eigenvalue weighted by Crippen LogP contribution is 2.25. The molecule has 3 aromatic carbocycles. The average Bonchev–Trinajstić information content (AvgIpc) is 3.32. The van der Waals surface area contributed by atoms with Crippen molar-refractivity contribution >= 4 is 34.2 Å². The van der Waals surface area contributed by atoms with Gasteiger partial charge in [-0.2, -0.15) is 0 Å². The van der Waals surface area contributed by atoms with Gasteiger partial charge in [0.15, 0.2) is 12.1 Å². The Bertz CT molecular complexity index is 1350. The lowest BCUT2D eigenvalue weighted by atomic mass is 10.2. The number of anilines is 2. The van der Waals surface area contributed by atoms with Crippen LogP contribution in [-0.4, -0.2) is 38.4 Å². The molecule has 0 radical (unpaired) electrons. The maximum atomic E-state index is 12.5. The highest BCUT2D eigenvalue weighted by atomic mass is 16.7.